The molecule has 0 radical (unpaired) electrons. The molecule has 1 aromatic carbocycles. The largest absolute Gasteiger partial charge is 0.384 e. The first kappa shape index (κ1) is 16.4. The predicted molar refractivity (Wildman–Crippen MR) is 86.7 cm³/mol. The topological polar surface area (TPSA) is 95.4 Å². The van der Waals surface area contributed by atoms with Crippen molar-refractivity contribution in [1.29, 1.82) is 0 Å². The Morgan fingerprint density at radius 3 is 2.58 bits per heavy atom. The lowest BCUT2D eigenvalue weighted by Gasteiger charge is -2.46. The number of nitrogens with one attached hydrogen (secondary N) is 1. The van der Waals surface area contributed by atoms with Gasteiger partial charge in [0.1, 0.15) is 5.60 Å². The van der Waals surface area contributed by atoms with Crippen LogP contribution in [-0.2, 0) is 0 Å². The van der Waals surface area contributed by atoms with Gasteiger partial charge >= 0.3 is 0 Å². The molecule has 1 aromatic heterocycles. The number of aliphatic hydroxyl groups is 1. The van der Waals surface area contributed by atoms with Crippen molar-refractivity contribution in [1.82, 2.24) is 20.4 Å². The quantitative estimate of drug-likeness (QED) is 0.851. The summed E-state index contributed by atoms with van der Waals surface area (Å²) in [7, 11) is 0. The van der Waals surface area contributed by atoms with Crippen molar-refractivity contribution in [3.63, 3.8) is 0 Å². The molecule has 7 nitrogen and oxygen atoms in total. The smallest absolute Gasteiger partial charge is 0.274 e. The third-order valence-corrected chi connectivity index (χ3v) is 3.99. The van der Waals surface area contributed by atoms with E-state index in [1.165, 1.54) is 11.1 Å². The fourth-order valence-corrected chi connectivity index (χ4v) is 2.57. The van der Waals surface area contributed by atoms with E-state index in [-0.39, 0.29) is 37.1 Å². The molecule has 3 rings (SSSR count). The highest BCUT2D eigenvalue weighted by Crippen LogP contribution is 2.22. The molecule has 1 aliphatic heterocycles. The van der Waals surface area contributed by atoms with Crippen LogP contribution >= 0.6 is 11.6 Å². The van der Waals surface area contributed by atoms with Crippen molar-refractivity contribution in [3.05, 3.63) is 58.9 Å². The van der Waals surface area contributed by atoms with E-state index in [1.807, 2.05) is 0 Å². The minimum absolute atomic E-state index is 0.0543. The Morgan fingerprint density at radius 2 is 1.96 bits per heavy atom. The van der Waals surface area contributed by atoms with Crippen LogP contribution in [0.15, 0.2) is 42.6 Å². The van der Waals surface area contributed by atoms with Gasteiger partial charge in [-0.2, -0.15) is 5.10 Å². The fraction of sp³-hybridized carbons (Fsp3) is 0.250. The Labute approximate surface area is 143 Å². The van der Waals surface area contributed by atoms with Crippen molar-refractivity contribution < 1.29 is 14.7 Å². The summed E-state index contributed by atoms with van der Waals surface area (Å²) in [6, 6.07) is 9.64. The number of β-amino-alcohol motifs (C(OH)–C–C–N with tert-alkyl or cyclic N) is 1. The Balaban J connectivity index is 1.51. The van der Waals surface area contributed by atoms with E-state index in [1.54, 1.807) is 36.4 Å². The van der Waals surface area contributed by atoms with Crippen molar-refractivity contribution in [2.24, 2.45) is 0 Å². The number of nitrogens with zero attached hydrogens (tertiary/aromatic N) is 3. The lowest BCUT2D eigenvalue weighted by Crippen LogP contribution is -2.67. The van der Waals surface area contributed by atoms with Crippen LogP contribution in [0, 0.1) is 0 Å². The molecular weight excluding hydrogens is 332 g/mol. The zero-order valence-corrected chi connectivity index (χ0v) is 13.4. The summed E-state index contributed by atoms with van der Waals surface area (Å²) in [5.41, 5.74) is -0.459. The van der Waals surface area contributed by atoms with Gasteiger partial charge in [0.25, 0.3) is 11.8 Å². The van der Waals surface area contributed by atoms with Crippen molar-refractivity contribution in [2.45, 2.75) is 5.60 Å². The lowest BCUT2D eigenvalue weighted by atomic mass is 9.93. The lowest BCUT2D eigenvalue weighted by molar-refractivity contribution is -0.0774. The number of carbonyl (C=O) groups excluding carboxylic acids is 2. The van der Waals surface area contributed by atoms with E-state index in [0.717, 1.165) is 0 Å². The second-order valence-electron chi connectivity index (χ2n) is 5.68. The van der Waals surface area contributed by atoms with Gasteiger partial charge < -0.3 is 15.3 Å². The first-order chi connectivity index (χ1) is 11.5. The van der Waals surface area contributed by atoms with Crippen LogP contribution in [0.25, 0.3) is 0 Å². The standard InChI is InChI=1S/C16H15ClN4O3/c17-12-5-3-11(4-6-12)14(22)18-8-16(24)9-21(10-16)15(23)13-2-1-7-19-20-13/h1-7,24H,8-10H2,(H,18,22). The second-order valence-corrected chi connectivity index (χ2v) is 6.12. The number of carbonyl (C=O) groups is 2. The first-order valence-corrected chi connectivity index (χ1v) is 7.68. The Hall–Kier alpha value is -2.51. The van der Waals surface area contributed by atoms with E-state index in [9.17, 15) is 14.7 Å². The van der Waals surface area contributed by atoms with E-state index in [4.69, 9.17) is 11.6 Å². The SMILES string of the molecule is O=C(NCC1(O)CN(C(=O)c2cccnn2)C1)c1ccc(Cl)cc1. The average Bonchev–Trinajstić information content (AvgIpc) is 2.58. The molecule has 1 aliphatic rings. The first-order valence-electron chi connectivity index (χ1n) is 7.30. The molecule has 0 aliphatic carbocycles. The Morgan fingerprint density at radius 1 is 1.25 bits per heavy atom. The number of benzene rings is 1. The van der Waals surface area contributed by atoms with Crippen LogP contribution in [0.5, 0.6) is 0 Å². The zero-order valence-electron chi connectivity index (χ0n) is 12.6. The van der Waals surface area contributed by atoms with Gasteiger partial charge in [-0.1, -0.05) is 11.6 Å². The molecule has 1 saturated heterocycles. The molecule has 0 bridgehead atoms. The van der Waals surface area contributed by atoms with Crippen LogP contribution in [0.4, 0.5) is 0 Å². The van der Waals surface area contributed by atoms with Gasteiger partial charge in [-0.25, -0.2) is 0 Å². The summed E-state index contributed by atoms with van der Waals surface area (Å²) in [5.74, 6) is -0.601. The number of hydrogen-bond donors (Lipinski definition) is 2. The normalized spacial score (nSPS) is 15.5. The van der Waals surface area contributed by atoms with Crippen molar-refractivity contribution in [3.8, 4) is 0 Å². The molecule has 0 atom stereocenters. The summed E-state index contributed by atoms with van der Waals surface area (Å²) in [6.45, 7) is 0.311. The zero-order chi connectivity index (χ0) is 17.2. The van der Waals surface area contributed by atoms with Crippen LogP contribution in [0.1, 0.15) is 20.8 Å². The van der Waals surface area contributed by atoms with Crippen LogP contribution in [0.3, 0.4) is 0 Å². The minimum atomic E-state index is -1.14. The summed E-state index contributed by atoms with van der Waals surface area (Å²) < 4.78 is 0. The number of rotatable bonds is 4. The number of likely N-dealkylation sites (tertiary alicyclic amines) is 1. The van der Waals surface area contributed by atoms with E-state index in [0.29, 0.717) is 10.6 Å². The maximum atomic E-state index is 12.1. The molecule has 2 aromatic rings. The monoisotopic (exact) mass is 346 g/mol. The summed E-state index contributed by atoms with van der Waals surface area (Å²) in [5, 5.41) is 21.0. The molecule has 1 fully saturated rings. The van der Waals surface area contributed by atoms with Gasteiger partial charge in [0.05, 0.1) is 19.6 Å². The summed E-state index contributed by atoms with van der Waals surface area (Å²) in [4.78, 5) is 25.6. The maximum absolute atomic E-state index is 12.1. The molecule has 2 amide bonds. The third kappa shape index (κ3) is 3.52. The molecular formula is C16H15ClN4O3. The predicted octanol–water partition coefficient (Wildman–Crippen LogP) is 0.747. The van der Waals surface area contributed by atoms with Crippen LogP contribution in [-0.4, -0.2) is 57.3 Å². The highest BCUT2D eigenvalue weighted by Gasteiger charge is 2.44. The Bertz CT molecular complexity index is 746. The minimum Gasteiger partial charge on any atom is -0.384 e. The van der Waals surface area contributed by atoms with E-state index >= 15 is 0 Å². The number of hydrogen-bond acceptors (Lipinski definition) is 5. The highest BCUT2D eigenvalue weighted by atomic mass is 35.5. The van der Waals surface area contributed by atoms with Gasteiger partial charge in [0, 0.05) is 16.8 Å². The van der Waals surface area contributed by atoms with Gasteiger partial charge in [-0.15, -0.1) is 5.10 Å². The van der Waals surface area contributed by atoms with Crippen LogP contribution < -0.4 is 5.32 Å². The summed E-state index contributed by atoms with van der Waals surface area (Å²) >= 11 is 5.78. The highest BCUT2D eigenvalue weighted by molar-refractivity contribution is 6.30. The van der Waals surface area contributed by atoms with Gasteiger partial charge in [0.15, 0.2) is 5.69 Å². The molecule has 24 heavy (non-hydrogen) atoms. The molecule has 124 valence electrons. The average molecular weight is 347 g/mol. The van der Waals surface area contributed by atoms with Crippen molar-refractivity contribution >= 4 is 23.4 Å². The van der Waals surface area contributed by atoms with E-state index in [2.05, 4.69) is 15.5 Å². The molecule has 8 heteroatoms. The van der Waals surface area contributed by atoms with Gasteiger partial charge in [0.2, 0.25) is 0 Å². The molecule has 2 heterocycles. The fourth-order valence-electron chi connectivity index (χ4n) is 2.45. The summed E-state index contributed by atoms with van der Waals surface area (Å²) in [6.07, 6.45) is 1.48. The maximum Gasteiger partial charge on any atom is 0.274 e. The number of aromatic nitrogens is 2. The number of halogens is 1. The van der Waals surface area contributed by atoms with Crippen molar-refractivity contribution in [2.75, 3.05) is 19.6 Å². The third-order valence-electron chi connectivity index (χ3n) is 3.73. The Kier molecular flexibility index (Phi) is 4.46. The van der Waals surface area contributed by atoms with Gasteiger partial charge in [-0.3, -0.25) is 9.59 Å². The molecule has 0 spiro atoms. The number of amides is 2. The van der Waals surface area contributed by atoms with Gasteiger partial charge in [-0.05, 0) is 36.4 Å². The second kappa shape index (κ2) is 6.54. The molecule has 0 saturated carbocycles. The van der Waals surface area contributed by atoms with Crippen LogP contribution in [0.2, 0.25) is 5.02 Å². The molecule has 2 N–H and O–H groups in total. The molecule has 0 unspecified atom stereocenters. The van der Waals surface area contributed by atoms with E-state index < -0.39 is 5.60 Å².